The number of rotatable bonds is 6. The van der Waals surface area contributed by atoms with Crippen LogP contribution in [0.25, 0.3) is 10.9 Å². The molecule has 0 saturated carbocycles. The number of nitrogens with one attached hydrogen (secondary N) is 1. The fourth-order valence-electron chi connectivity index (χ4n) is 2.79. The molecule has 1 saturated heterocycles. The molecule has 0 aliphatic carbocycles. The first-order valence-electron chi connectivity index (χ1n) is 7.89. The Labute approximate surface area is 142 Å². The number of alkyl halides is 2. The van der Waals surface area contributed by atoms with Crippen molar-refractivity contribution in [3.63, 3.8) is 0 Å². The molecular weight excluding hydrogens is 332 g/mol. The van der Waals surface area contributed by atoms with Crippen LogP contribution >= 0.6 is 0 Å². The molecule has 1 aliphatic heterocycles. The third-order valence-electron chi connectivity index (χ3n) is 3.96. The van der Waals surface area contributed by atoms with Gasteiger partial charge in [-0.15, -0.1) is 0 Å². The molecular formula is C17H17F2N3O3. The summed E-state index contributed by atoms with van der Waals surface area (Å²) in [7, 11) is 0. The van der Waals surface area contributed by atoms with Crippen molar-refractivity contribution in [1.29, 1.82) is 5.26 Å². The number of ketones is 1. The van der Waals surface area contributed by atoms with E-state index in [1.165, 1.54) is 0 Å². The SMILES string of the molecule is N#CCC(=O)c1cc2cc(OCC(F)F)c(N3CCOCC3)cc2[nH]1. The van der Waals surface area contributed by atoms with Crippen molar-refractivity contribution in [2.24, 2.45) is 0 Å². The Balaban J connectivity index is 1.99. The second kappa shape index (κ2) is 7.49. The molecule has 2 aromatic rings. The van der Waals surface area contributed by atoms with E-state index >= 15 is 0 Å². The number of Topliss-reactive ketones (excluding diaryl/α,β-unsaturated/α-hetero) is 1. The zero-order valence-electron chi connectivity index (χ0n) is 13.4. The Morgan fingerprint density at radius 1 is 1.36 bits per heavy atom. The van der Waals surface area contributed by atoms with Gasteiger partial charge in [0.1, 0.15) is 18.8 Å². The number of hydrogen-bond acceptors (Lipinski definition) is 5. The van der Waals surface area contributed by atoms with Gasteiger partial charge in [-0.3, -0.25) is 4.79 Å². The number of morpholine rings is 1. The molecule has 25 heavy (non-hydrogen) atoms. The first kappa shape index (κ1) is 17.2. The molecule has 1 aliphatic rings. The molecule has 1 N–H and O–H groups in total. The van der Waals surface area contributed by atoms with Gasteiger partial charge in [0.05, 0.1) is 30.7 Å². The molecule has 0 radical (unpaired) electrons. The van der Waals surface area contributed by atoms with Gasteiger partial charge in [0.25, 0.3) is 6.43 Å². The van der Waals surface area contributed by atoms with Crippen molar-refractivity contribution < 1.29 is 23.0 Å². The minimum atomic E-state index is -2.58. The number of nitrogens with zero attached hydrogens (tertiary/aromatic N) is 2. The predicted molar refractivity (Wildman–Crippen MR) is 87.4 cm³/mol. The second-order valence-electron chi connectivity index (χ2n) is 5.65. The van der Waals surface area contributed by atoms with Crippen molar-refractivity contribution >= 4 is 22.4 Å². The highest BCUT2D eigenvalue weighted by atomic mass is 19.3. The molecule has 0 atom stereocenters. The molecule has 1 fully saturated rings. The largest absolute Gasteiger partial charge is 0.485 e. The van der Waals surface area contributed by atoms with Gasteiger partial charge in [0.2, 0.25) is 0 Å². The summed E-state index contributed by atoms with van der Waals surface area (Å²) in [6, 6.07) is 6.85. The molecule has 1 aromatic carbocycles. The summed E-state index contributed by atoms with van der Waals surface area (Å²) in [4.78, 5) is 16.9. The van der Waals surface area contributed by atoms with E-state index in [2.05, 4.69) is 4.98 Å². The van der Waals surface area contributed by atoms with E-state index in [1.54, 1.807) is 18.2 Å². The fraction of sp³-hybridized carbons (Fsp3) is 0.412. The highest BCUT2D eigenvalue weighted by Gasteiger charge is 2.19. The van der Waals surface area contributed by atoms with E-state index in [9.17, 15) is 13.6 Å². The van der Waals surface area contributed by atoms with Crippen LogP contribution in [0.4, 0.5) is 14.5 Å². The number of carbonyl (C=O) groups is 1. The van der Waals surface area contributed by atoms with Crippen LogP contribution in [0.5, 0.6) is 5.75 Å². The Morgan fingerprint density at radius 3 is 2.80 bits per heavy atom. The van der Waals surface area contributed by atoms with Gasteiger partial charge in [0.15, 0.2) is 5.78 Å². The maximum atomic E-state index is 12.6. The van der Waals surface area contributed by atoms with Crippen molar-refractivity contribution in [3.05, 3.63) is 23.9 Å². The third-order valence-corrected chi connectivity index (χ3v) is 3.96. The van der Waals surface area contributed by atoms with E-state index < -0.39 is 13.0 Å². The van der Waals surface area contributed by atoms with E-state index in [1.807, 2.05) is 11.0 Å². The maximum Gasteiger partial charge on any atom is 0.272 e. The monoisotopic (exact) mass is 349 g/mol. The van der Waals surface area contributed by atoms with Crippen LogP contribution in [0, 0.1) is 11.3 Å². The van der Waals surface area contributed by atoms with Gasteiger partial charge in [-0.25, -0.2) is 8.78 Å². The Kier molecular flexibility index (Phi) is 5.14. The Hall–Kier alpha value is -2.66. The minimum Gasteiger partial charge on any atom is -0.485 e. The normalized spacial score (nSPS) is 14.7. The Bertz CT molecular complexity index is 807. The van der Waals surface area contributed by atoms with Crippen molar-refractivity contribution in [2.45, 2.75) is 12.8 Å². The highest BCUT2D eigenvalue weighted by molar-refractivity contribution is 6.01. The smallest absolute Gasteiger partial charge is 0.272 e. The summed E-state index contributed by atoms with van der Waals surface area (Å²) in [6.07, 6.45) is -2.80. The first-order chi connectivity index (χ1) is 12.1. The van der Waals surface area contributed by atoms with Gasteiger partial charge in [-0.2, -0.15) is 5.26 Å². The van der Waals surface area contributed by atoms with Crippen molar-refractivity contribution in [3.8, 4) is 11.8 Å². The van der Waals surface area contributed by atoms with Gasteiger partial charge < -0.3 is 19.4 Å². The zero-order chi connectivity index (χ0) is 17.8. The molecule has 1 aromatic heterocycles. The van der Waals surface area contributed by atoms with Crippen LogP contribution in [0.2, 0.25) is 0 Å². The van der Waals surface area contributed by atoms with Gasteiger partial charge >= 0.3 is 0 Å². The Morgan fingerprint density at radius 2 is 2.12 bits per heavy atom. The number of ether oxygens (including phenoxy) is 2. The van der Waals surface area contributed by atoms with Crippen LogP contribution < -0.4 is 9.64 Å². The summed E-state index contributed by atoms with van der Waals surface area (Å²) in [5.41, 5.74) is 1.68. The van der Waals surface area contributed by atoms with Crippen molar-refractivity contribution in [1.82, 2.24) is 4.98 Å². The van der Waals surface area contributed by atoms with Crippen molar-refractivity contribution in [2.75, 3.05) is 37.8 Å². The molecule has 6 nitrogen and oxygen atoms in total. The van der Waals surface area contributed by atoms with Crippen LogP contribution in [0.3, 0.4) is 0 Å². The topological polar surface area (TPSA) is 78.3 Å². The second-order valence-corrected chi connectivity index (χ2v) is 5.65. The highest BCUT2D eigenvalue weighted by Crippen LogP contribution is 2.34. The van der Waals surface area contributed by atoms with Crippen LogP contribution in [-0.4, -0.2) is 50.1 Å². The minimum absolute atomic E-state index is 0.224. The van der Waals surface area contributed by atoms with Gasteiger partial charge in [0, 0.05) is 24.0 Å². The number of carbonyl (C=O) groups excluding carboxylic acids is 1. The van der Waals surface area contributed by atoms with E-state index in [0.29, 0.717) is 54.3 Å². The first-order valence-corrected chi connectivity index (χ1v) is 7.89. The quantitative estimate of drug-likeness (QED) is 0.812. The average molecular weight is 349 g/mol. The summed E-state index contributed by atoms with van der Waals surface area (Å²) < 4.78 is 35.7. The van der Waals surface area contributed by atoms with Gasteiger partial charge in [-0.1, -0.05) is 0 Å². The van der Waals surface area contributed by atoms with E-state index in [0.717, 1.165) is 0 Å². The summed E-state index contributed by atoms with van der Waals surface area (Å²) in [5, 5.41) is 9.33. The summed E-state index contributed by atoms with van der Waals surface area (Å²) >= 11 is 0. The van der Waals surface area contributed by atoms with E-state index in [-0.39, 0.29) is 12.2 Å². The lowest BCUT2D eigenvalue weighted by Gasteiger charge is -2.30. The van der Waals surface area contributed by atoms with Gasteiger partial charge in [-0.05, 0) is 18.2 Å². The number of aromatic amines is 1. The van der Waals surface area contributed by atoms with Crippen LogP contribution in [0.1, 0.15) is 16.9 Å². The molecule has 0 spiro atoms. The molecule has 0 amide bonds. The number of aromatic nitrogens is 1. The van der Waals surface area contributed by atoms with Crippen LogP contribution in [-0.2, 0) is 4.74 Å². The van der Waals surface area contributed by atoms with E-state index in [4.69, 9.17) is 14.7 Å². The number of benzene rings is 1. The number of fused-ring (bicyclic) bond motifs is 1. The standard InChI is InChI=1S/C17H17F2N3O3/c18-17(19)10-25-16-8-11-7-13(15(23)1-2-20)21-12(11)9-14(16)22-3-5-24-6-4-22/h7-9,17,21H,1,3-6,10H2. The fourth-order valence-corrected chi connectivity index (χ4v) is 2.79. The predicted octanol–water partition coefficient (Wildman–Crippen LogP) is 2.74. The lowest BCUT2D eigenvalue weighted by Crippen LogP contribution is -2.36. The molecule has 2 heterocycles. The number of hydrogen-bond donors (Lipinski definition) is 1. The molecule has 3 rings (SSSR count). The lowest BCUT2D eigenvalue weighted by atomic mass is 10.1. The van der Waals surface area contributed by atoms with Crippen LogP contribution in [0.15, 0.2) is 18.2 Å². The molecule has 0 bridgehead atoms. The summed E-state index contributed by atoms with van der Waals surface area (Å²) in [6.45, 7) is 1.63. The average Bonchev–Trinajstić information content (AvgIpc) is 3.03. The lowest BCUT2D eigenvalue weighted by molar-refractivity contribution is 0.0817. The zero-order valence-corrected chi connectivity index (χ0v) is 13.4. The number of nitriles is 1. The number of halogens is 2. The molecule has 8 heteroatoms. The maximum absolute atomic E-state index is 12.6. The number of anilines is 1. The molecule has 132 valence electrons. The molecule has 0 unspecified atom stereocenters. The number of H-pyrrole nitrogens is 1. The third kappa shape index (κ3) is 3.88. The summed E-state index contributed by atoms with van der Waals surface area (Å²) in [5.74, 6) is 0.0228.